The van der Waals surface area contributed by atoms with Crippen LogP contribution < -0.4 is 5.73 Å². The van der Waals surface area contributed by atoms with Crippen LogP contribution in [0, 0.1) is 6.92 Å². The molecule has 1 amide bonds. The molecule has 2 aliphatic rings. The number of hydrogen-bond acceptors (Lipinski definition) is 10. The summed E-state index contributed by atoms with van der Waals surface area (Å²) in [5, 5.41) is 14.5. The summed E-state index contributed by atoms with van der Waals surface area (Å²) in [5.74, 6) is 0.952. The van der Waals surface area contributed by atoms with E-state index in [1.807, 2.05) is 60.7 Å². The van der Waals surface area contributed by atoms with Gasteiger partial charge in [0.05, 0.1) is 12.3 Å². The van der Waals surface area contributed by atoms with Crippen LogP contribution in [0.2, 0.25) is 0 Å². The first-order valence-corrected chi connectivity index (χ1v) is 14.7. The van der Waals surface area contributed by atoms with Crippen molar-refractivity contribution in [3.8, 4) is 0 Å². The minimum absolute atomic E-state index is 0.238. The maximum Gasteiger partial charge on any atom is 0.356 e. The van der Waals surface area contributed by atoms with Gasteiger partial charge in [-0.2, -0.15) is 9.50 Å². The second-order valence-corrected chi connectivity index (χ2v) is 11.5. The zero-order valence-electron chi connectivity index (χ0n) is 21.5. The summed E-state index contributed by atoms with van der Waals surface area (Å²) >= 11 is 2.95. The Bertz CT molecular complexity index is 1570. The number of benzene rings is 2. The van der Waals surface area contributed by atoms with E-state index >= 15 is 0 Å². The number of amides is 1. The quantitative estimate of drug-likeness (QED) is 0.140. The third-order valence-corrected chi connectivity index (χ3v) is 9.15. The van der Waals surface area contributed by atoms with Crippen molar-refractivity contribution in [1.82, 2.24) is 24.5 Å². The highest BCUT2D eigenvalue weighted by Gasteiger charge is 2.52. The number of carbonyl (C=O) groups is 2. The van der Waals surface area contributed by atoms with Crippen LogP contribution >= 0.6 is 23.5 Å². The average Bonchev–Trinajstić information content (AvgIpc) is 3.38. The van der Waals surface area contributed by atoms with E-state index in [4.69, 9.17) is 10.5 Å². The molecule has 0 aliphatic carbocycles. The average molecular weight is 575 g/mol. The molecule has 40 heavy (non-hydrogen) atoms. The van der Waals surface area contributed by atoms with Gasteiger partial charge in [0.2, 0.25) is 5.91 Å². The largest absolute Gasteiger partial charge is 0.448 e. The predicted molar refractivity (Wildman–Crippen MR) is 151 cm³/mol. The van der Waals surface area contributed by atoms with Gasteiger partial charge in [0.15, 0.2) is 6.10 Å². The molecule has 4 aromatic rings. The third-order valence-electron chi connectivity index (χ3n) is 6.71. The van der Waals surface area contributed by atoms with Crippen LogP contribution in [0.25, 0.3) is 5.78 Å². The molecule has 2 aromatic carbocycles. The fourth-order valence-corrected chi connectivity index (χ4v) is 7.21. The molecule has 1 unspecified atom stereocenters. The van der Waals surface area contributed by atoms with Crippen LogP contribution in [-0.2, 0) is 20.9 Å². The minimum Gasteiger partial charge on any atom is -0.448 e. The summed E-state index contributed by atoms with van der Waals surface area (Å²) in [4.78, 5) is 36.9. The van der Waals surface area contributed by atoms with Crippen LogP contribution in [-0.4, -0.2) is 64.4 Å². The summed E-state index contributed by atoms with van der Waals surface area (Å²) in [6.45, 7) is 1.53. The van der Waals surface area contributed by atoms with Crippen LogP contribution in [0.3, 0.4) is 0 Å². The molecule has 2 aromatic heterocycles. The van der Waals surface area contributed by atoms with Crippen molar-refractivity contribution < 1.29 is 19.4 Å². The smallest absolute Gasteiger partial charge is 0.356 e. The molecule has 2 aliphatic heterocycles. The maximum absolute atomic E-state index is 13.9. The van der Waals surface area contributed by atoms with Crippen LogP contribution in [0.4, 0.5) is 0 Å². The highest BCUT2D eigenvalue weighted by Crippen LogP contribution is 2.42. The number of hydrogen-bond donors (Lipinski definition) is 2. The lowest BCUT2D eigenvalue weighted by atomic mass is 10.0. The molecule has 4 heterocycles. The van der Waals surface area contributed by atoms with Gasteiger partial charge in [-0.1, -0.05) is 60.7 Å². The number of rotatable bonds is 8. The molecule has 6 rings (SSSR count). The van der Waals surface area contributed by atoms with E-state index in [2.05, 4.69) is 15.1 Å². The van der Waals surface area contributed by atoms with Crippen molar-refractivity contribution >= 4 is 41.2 Å². The van der Waals surface area contributed by atoms with Crippen molar-refractivity contribution in [2.24, 2.45) is 5.73 Å². The number of aryl methyl sites for hydroxylation is 1. The predicted octanol–water partition coefficient (Wildman–Crippen LogP) is 2.85. The van der Waals surface area contributed by atoms with Crippen LogP contribution in [0.1, 0.15) is 28.7 Å². The monoisotopic (exact) mass is 574 g/mol. The summed E-state index contributed by atoms with van der Waals surface area (Å²) < 4.78 is 7.78. The Kier molecular flexibility index (Phi) is 7.32. The lowest BCUT2D eigenvalue weighted by Gasteiger charge is -2.48. The van der Waals surface area contributed by atoms with Gasteiger partial charge in [-0.25, -0.2) is 9.78 Å². The normalized spacial score (nSPS) is 18.7. The lowest BCUT2D eigenvalue weighted by Crippen LogP contribution is -2.68. The number of aliphatic hydroxyl groups excluding tert-OH is 1. The number of esters is 1. The molecule has 2 atom stereocenters. The second kappa shape index (κ2) is 11.0. The van der Waals surface area contributed by atoms with Crippen molar-refractivity contribution in [3.63, 3.8) is 0 Å². The molecule has 0 bridgehead atoms. The fourth-order valence-electron chi connectivity index (χ4n) is 4.76. The first-order valence-electron chi connectivity index (χ1n) is 12.6. The molecule has 0 saturated carbocycles. The van der Waals surface area contributed by atoms with E-state index < -0.39 is 18.1 Å². The van der Waals surface area contributed by atoms with Crippen molar-refractivity contribution in [2.75, 3.05) is 11.5 Å². The molecule has 3 N–H and O–H groups in total. The van der Waals surface area contributed by atoms with Crippen molar-refractivity contribution in [2.45, 2.75) is 36.1 Å². The molecule has 0 spiro atoms. The minimum atomic E-state index is -0.661. The highest BCUT2D eigenvalue weighted by atomic mass is 32.2. The second-order valence-electron chi connectivity index (χ2n) is 9.40. The number of fused-ring (bicyclic) bond motifs is 2. The molecule has 204 valence electrons. The Morgan fingerprint density at radius 3 is 2.48 bits per heavy atom. The standard InChI is InChI=1S/C28H26N6O4S2/c1-16-30-28-31-20(13-35)12-21(34(28)32-16)39-14-19-15-40-26-22(29)25(36)33(26)23(19)27(37)38-24(17-8-4-2-5-9-17)18-10-6-3-7-11-18/h2-12,22,24,26,35H,13-15,29H2,1H3/t22?,26-/m1/s1. The Morgan fingerprint density at radius 2 is 1.82 bits per heavy atom. The van der Waals surface area contributed by atoms with Gasteiger partial charge in [-0.3, -0.25) is 9.69 Å². The van der Waals surface area contributed by atoms with Crippen LogP contribution in [0.15, 0.2) is 83.0 Å². The first kappa shape index (κ1) is 26.5. The molecule has 1 saturated heterocycles. The first-order chi connectivity index (χ1) is 19.4. The number of ether oxygens (including phenoxy) is 1. The zero-order chi connectivity index (χ0) is 27.8. The van der Waals surface area contributed by atoms with E-state index in [1.54, 1.807) is 17.5 Å². The number of aromatic nitrogens is 4. The van der Waals surface area contributed by atoms with Crippen LogP contribution in [0.5, 0.6) is 0 Å². The molecule has 1 fully saturated rings. The molecule has 10 nitrogen and oxygen atoms in total. The maximum atomic E-state index is 13.9. The summed E-state index contributed by atoms with van der Waals surface area (Å²) in [7, 11) is 0. The Balaban J connectivity index is 1.35. The molecule has 0 radical (unpaired) electrons. The van der Waals surface area contributed by atoms with E-state index in [0.717, 1.165) is 16.7 Å². The fraction of sp³-hybridized carbons (Fsp3) is 0.250. The Labute approximate surface area is 238 Å². The van der Waals surface area contributed by atoms with Gasteiger partial charge < -0.3 is 15.6 Å². The number of nitrogens with two attached hydrogens (primary N) is 1. The lowest BCUT2D eigenvalue weighted by molar-refractivity contribution is -0.153. The number of β-lactam (4-membered cyclic amide) rings is 1. The van der Waals surface area contributed by atoms with Gasteiger partial charge in [-0.05, 0) is 29.7 Å². The van der Waals surface area contributed by atoms with E-state index in [1.165, 1.54) is 28.4 Å². The molecular formula is C28H26N6O4S2. The van der Waals surface area contributed by atoms with Gasteiger partial charge in [-0.15, -0.1) is 28.6 Å². The van der Waals surface area contributed by atoms with Gasteiger partial charge in [0.25, 0.3) is 5.78 Å². The third kappa shape index (κ3) is 4.87. The van der Waals surface area contributed by atoms with E-state index in [-0.39, 0.29) is 23.6 Å². The van der Waals surface area contributed by atoms with Gasteiger partial charge in [0, 0.05) is 11.5 Å². The number of nitrogens with zero attached hydrogens (tertiary/aromatic N) is 5. The highest BCUT2D eigenvalue weighted by molar-refractivity contribution is 8.01. The number of aliphatic hydroxyl groups is 1. The van der Waals surface area contributed by atoms with E-state index in [9.17, 15) is 14.7 Å². The topological polar surface area (TPSA) is 136 Å². The number of thioether (sulfide) groups is 2. The molecular weight excluding hydrogens is 548 g/mol. The zero-order valence-corrected chi connectivity index (χ0v) is 23.1. The van der Waals surface area contributed by atoms with Gasteiger partial charge in [0.1, 0.15) is 28.0 Å². The summed E-state index contributed by atoms with van der Waals surface area (Å²) in [6.07, 6.45) is -0.653. The molecule has 12 heteroatoms. The number of carbonyl (C=O) groups excluding carboxylic acids is 2. The SMILES string of the molecule is Cc1nc2nc(CO)cc(SCC3=C(C(=O)OC(c4ccccc4)c4ccccc4)N4C(=O)C(N)[C@H]4SC3)n2n1. The summed E-state index contributed by atoms with van der Waals surface area (Å²) in [5.41, 5.74) is 9.19. The Hall–Kier alpha value is -3.71. The van der Waals surface area contributed by atoms with E-state index in [0.29, 0.717) is 33.8 Å². The summed E-state index contributed by atoms with van der Waals surface area (Å²) in [6, 6.07) is 20.1. The van der Waals surface area contributed by atoms with Gasteiger partial charge >= 0.3 is 5.97 Å². The van der Waals surface area contributed by atoms with Crippen molar-refractivity contribution in [1.29, 1.82) is 0 Å². The Morgan fingerprint density at radius 1 is 1.15 bits per heavy atom. The van der Waals surface area contributed by atoms with Crippen molar-refractivity contribution in [3.05, 3.63) is 101 Å².